The van der Waals surface area contributed by atoms with Crippen molar-refractivity contribution in [3.05, 3.63) is 85.1 Å². The molecule has 3 aromatic rings. The fourth-order valence-corrected chi connectivity index (χ4v) is 3.58. The van der Waals surface area contributed by atoms with E-state index in [1.165, 1.54) is 18.2 Å². The lowest BCUT2D eigenvalue weighted by atomic mass is 10.1. The van der Waals surface area contributed by atoms with Crippen molar-refractivity contribution in [2.24, 2.45) is 0 Å². The van der Waals surface area contributed by atoms with E-state index in [-0.39, 0.29) is 15.6 Å². The number of anilines is 1. The number of carbonyl (C=O) groups excluding carboxylic acids is 2. The highest BCUT2D eigenvalue weighted by Crippen LogP contribution is 2.31. The van der Waals surface area contributed by atoms with Gasteiger partial charge in [-0.1, -0.05) is 35.3 Å². The van der Waals surface area contributed by atoms with Crippen LogP contribution in [-0.2, 0) is 11.3 Å². The second-order valence-corrected chi connectivity index (χ2v) is 8.02. The summed E-state index contributed by atoms with van der Waals surface area (Å²) in [5, 5.41) is 34.2. The molecule has 0 saturated carbocycles. The molecule has 2 aromatic carbocycles. The number of hydrogen-bond donors (Lipinski definition) is 5. The second kappa shape index (κ2) is 10.6. The summed E-state index contributed by atoms with van der Waals surface area (Å²) in [4.78, 5) is 49.3. The number of nitrogens with zero attached hydrogens (tertiary/aromatic N) is 1. The third-order valence-electron chi connectivity index (χ3n) is 4.81. The van der Waals surface area contributed by atoms with Crippen molar-refractivity contribution < 1.29 is 38.5 Å². The van der Waals surface area contributed by atoms with E-state index >= 15 is 0 Å². The van der Waals surface area contributed by atoms with Gasteiger partial charge < -0.3 is 26.0 Å². The van der Waals surface area contributed by atoms with Crippen molar-refractivity contribution in [2.75, 3.05) is 11.9 Å². The van der Waals surface area contributed by atoms with Gasteiger partial charge >= 0.3 is 5.97 Å². The molecule has 36 heavy (non-hydrogen) atoms. The summed E-state index contributed by atoms with van der Waals surface area (Å²) in [6, 6.07) is 6.94. The Balaban J connectivity index is 2.19. The van der Waals surface area contributed by atoms with Gasteiger partial charge in [0.15, 0.2) is 17.4 Å². The summed E-state index contributed by atoms with van der Waals surface area (Å²) in [7, 11) is 0. The van der Waals surface area contributed by atoms with Gasteiger partial charge in [0.25, 0.3) is 17.4 Å². The van der Waals surface area contributed by atoms with E-state index < -0.39 is 76.5 Å². The first-order valence-corrected chi connectivity index (χ1v) is 10.6. The number of rotatable bonds is 7. The minimum Gasteiger partial charge on any atom is -0.506 e. The van der Waals surface area contributed by atoms with E-state index in [9.17, 15) is 38.2 Å². The van der Waals surface area contributed by atoms with Crippen LogP contribution in [0.1, 0.15) is 26.3 Å². The van der Waals surface area contributed by atoms with Gasteiger partial charge in [-0.2, -0.15) is 0 Å². The smallest absolute Gasteiger partial charge is 0.322 e. The molecule has 0 fully saturated rings. The topological polar surface area (TPSA) is 158 Å². The van der Waals surface area contributed by atoms with Crippen molar-refractivity contribution in [1.29, 1.82) is 0 Å². The number of halogens is 4. The number of pyridine rings is 1. The monoisotopic (exact) mass is 541 g/mol. The number of aromatic hydroxyl groups is 2. The highest BCUT2D eigenvalue weighted by molar-refractivity contribution is 6.35. The van der Waals surface area contributed by atoms with Crippen LogP contribution in [0.5, 0.6) is 11.6 Å². The number of nitrogens with one attached hydrogen (secondary N) is 2. The van der Waals surface area contributed by atoms with Crippen molar-refractivity contribution in [3.63, 3.8) is 0 Å². The first-order valence-electron chi connectivity index (χ1n) is 9.80. The van der Waals surface area contributed by atoms with Crippen molar-refractivity contribution in [3.8, 4) is 11.6 Å². The van der Waals surface area contributed by atoms with E-state index in [1.54, 1.807) is 0 Å². The van der Waals surface area contributed by atoms with Crippen LogP contribution in [0.15, 0.2) is 41.2 Å². The molecule has 10 nitrogen and oxygen atoms in total. The molecule has 14 heteroatoms. The van der Waals surface area contributed by atoms with E-state index in [0.717, 1.165) is 18.2 Å². The zero-order valence-corrected chi connectivity index (χ0v) is 19.3. The number of hydrogen-bond acceptors (Lipinski definition) is 6. The molecule has 0 spiro atoms. The first-order chi connectivity index (χ1) is 16.9. The number of carbonyl (C=O) groups is 3. The zero-order valence-electron chi connectivity index (χ0n) is 17.8. The molecular weight excluding hydrogens is 527 g/mol. The molecule has 5 N–H and O–H groups in total. The lowest BCUT2D eigenvalue weighted by Gasteiger charge is -2.17. The quantitative estimate of drug-likeness (QED) is 0.307. The minimum absolute atomic E-state index is 0.0478. The third kappa shape index (κ3) is 5.39. The van der Waals surface area contributed by atoms with Crippen molar-refractivity contribution >= 4 is 46.7 Å². The summed E-state index contributed by atoms with van der Waals surface area (Å²) < 4.78 is 28.1. The normalized spacial score (nSPS) is 10.7. The molecular formula is C22H15Cl2F2N3O7. The summed E-state index contributed by atoms with van der Waals surface area (Å²) in [6.45, 7) is -1.48. The van der Waals surface area contributed by atoms with Gasteiger partial charge in [-0.15, -0.1) is 0 Å². The fourth-order valence-electron chi connectivity index (χ4n) is 3.11. The molecule has 2 amide bonds. The van der Waals surface area contributed by atoms with Crippen LogP contribution in [0.2, 0.25) is 10.0 Å². The number of benzene rings is 2. The Labute approximate surface area is 210 Å². The number of aliphatic carboxylic acids is 1. The molecule has 0 bridgehead atoms. The van der Waals surface area contributed by atoms with Gasteiger partial charge in [-0.3, -0.25) is 23.7 Å². The van der Waals surface area contributed by atoms with E-state index in [2.05, 4.69) is 0 Å². The fraction of sp³-hybridized carbons (Fsp3) is 0.0909. The highest BCUT2D eigenvalue weighted by Gasteiger charge is 2.30. The van der Waals surface area contributed by atoms with Crippen molar-refractivity contribution in [1.82, 2.24) is 9.88 Å². The number of carboxylic acid groups (broad SMARTS) is 1. The van der Waals surface area contributed by atoms with Crippen LogP contribution in [0, 0.1) is 11.6 Å². The average Bonchev–Trinajstić information content (AvgIpc) is 2.79. The number of amides is 2. The third-order valence-corrected chi connectivity index (χ3v) is 5.40. The summed E-state index contributed by atoms with van der Waals surface area (Å²) in [5.41, 5.74) is -3.93. The zero-order chi connectivity index (χ0) is 26.7. The molecule has 1 heterocycles. The van der Waals surface area contributed by atoms with Gasteiger partial charge in [-0.05, 0) is 29.8 Å². The summed E-state index contributed by atoms with van der Waals surface area (Å²) >= 11 is 12.0. The molecule has 0 aliphatic carbocycles. The van der Waals surface area contributed by atoms with Crippen LogP contribution >= 0.6 is 23.2 Å². The van der Waals surface area contributed by atoms with E-state index in [4.69, 9.17) is 28.3 Å². The maximum absolute atomic E-state index is 14.1. The Kier molecular flexibility index (Phi) is 7.80. The maximum Gasteiger partial charge on any atom is 0.322 e. The molecule has 0 radical (unpaired) electrons. The number of aromatic nitrogens is 1. The predicted octanol–water partition coefficient (Wildman–Crippen LogP) is 2.96. The first kappa shape index (κ1) is 26.4. The molecule has 0 unspecified atom stereocenters. The van der Waals surface area contributed by atoms with Crippen LogP contribution < -0.4 is 16.2 Å². The van der Waals surface area contributed by atoms with Gasteiger partial charge in [0.05, 0.1) is 12.2 Å². The van der Waals surface area contributed by atoms with Gasteiger partial charge in [-0.25, -0.2) is 8.78 Å². The predicted molar refractivity (Wildman–Crippen MR) is 124 cm³/mol. The van der Waals surface area contributed by atoms with E-state index in [0.29, 0.717) is 4.57 Å². The Hall–Kier alpha value is -4.16. The van der Waals surface area contributed by atoms with Crippen LogP contribution in [0.4, 0.5) is 14.5 Å². The highest BCUT2D eigenvalue weighted by atomic mass is 35.5. The molecule has 0 aliphatic rings. The Bertz CT molecular complexity index is 1460. The SMILES string of the molecule is O=C(O)CNC(=O)c1c(O)c(C(=O)Nc2cccc(F)c2F)c(O)n(Cc2ccc(Cl)cc2Cl)c1=O. The van der Waals surface area contributed by atoms with Crippen LogP contribution in [0.3, 0.4) is 0 Å². The van der Waals surface area contributed by atoms with Gasteiger partial charge in [0.2, 0.25) is 5.88 Å². The lowest BCUT2D eigenvalue weighted by molar-refractivity contribution is -0.135. The molecule has 3 rings (SSSR count). The molecule has 0 saturated heterocycles. The molecule has 188 valence electrons. The Morgan fingerprint density at radius 3 is 2.33 bits per heavy atom. The largest absolute Gasteiger partial charge is 0.506 e. The van der Waals surface area contributed by atoms with Gasteiger partial charge in [0.1, 0.15) is 17.7 Å². The Morgan fingerprint density at radius 1 is 1.00 bits per heavy atom. The molecule has 0 atom stereocenters. The molecule has 1 aromatic heterocycles. The Morgan fingerprint density at radius 2 is 1.69 bits per heavy atom. The second-order valence-electron chi connectivity index (χ2n) is 7.18. The summed E-state index contributed by atoms with van der Waals surface area (Å²) in [6.07, 6.45) is 0. The van der Waals surface area contributed by atoms with Crippen molar-refractivity contribution in [2.45, 2.75) is 6.54 Å². The van der Waals surface area contributed by atoms with Crippen LogP contribution in [-0.4, -0.2) is 44.2 Å². The van der Waals surface area contributed by atoms with E-state index in [1.807, 2.05) is 10.6 Å². The lowest BCUT2D eigenvalue weighted by Crippen LogP contribution is -2.37. The standard InChI is InChI=1S/C22H15Cl2F2N3O7/c23-10-5-4-9(11(24)6-10)8-29-21(35)15(19(33)27-7-14(30)31)18(32)16(22(29)36)20(34)28-13-3-1-2-12(25)17(13)26/h1-6,32,36H,7-8H2,(H,27,33)(H,28,34)(H,30,31). The maximum atomic E-state index is 14.1. The summed E-state index contributed by atoms with van der Waals surface area (Å²) in [5.74, 6) is -9.52. The van der Waals surface area contributed by atoms with Gasteiger partial charge in [0, 0.05) is 10.0 Å². The minimum atomic E-state index is -1.48. The molecule has 0 aliphatic heterocycles. The van der Waals surface area contributed by atoms with Crippen LogP contribution in [0.25, 0.3) is 0 Å². The average molecular weight is 542 g/mol. The number of carboxylic acids is 1.